The molecule has 1 saturated carbocycles. The molecule has 0 heterocycles. The second-order valence-electron chi connectivity index (χ2n) is 3.72. The Kier molecular flexibility index (Phi) is 1.00. The Labute approximate surface area is 64.6 Å². The molecule has 0 saturated heterocycles. The van der Waals surface area contributed by atoms with E-state index in [4.69, 9.17) is 0 Å². The van der Waals surface area contributed by atoms with Crippen molar-refractivity contribution in [2.24, 2.45) is 0 Å². The fourth-order valence-electron chi connectivity index (χ4n) is 1.67. The average molecular weight is 150 g/mol. The Balaban J connectivity index is 2.57. The highest BCUT2D eigenvalue weighted by atomic mass is 16.2. The Morgan fingerprint density at radius 3 is 2.09 bits per heavy atom. The van der Waals surface area contributed by atoms with Crippen LogP contribution < -0.4 is 10.9 Å². The van der Waals surface area contributed by atoms with Crippen LogP contribution in [0, 0.1) is 6.92 Å². The highest BCUT2D eigenvalue weighted by Gasteiger charge is 2.44. The van der Waals surface area contributed by atoms with E-state index in [-0.39, 0.29) is 16.3 Å². The summed E-state index contributed by atoms with van der Waals surface area (Å²) >= 11 is 0. The molecule has 0 unspecified atom stereocenters. The molecule has 0 aromatic heterocycles. The molecule has 0 spiro atoms. The zero-order valence-corrected chi connectivity index (χ0v) is 6.73. The molecule has 1 fully saturated rings. The van der Waals surface area contributed by atoms with Gasteiger partial charge in [-0.1, -0.05) is 6.92 Å². The molecular weight excluding hydrogens is 140 g/mol. The van der Waals surface area contributed by atoms with Crippen LogP contribution in [0.1, 0.15) is 30.9 Å². The monoisotopic (exact) mass is 150 g/mol. The molecule has 2 rings (SSSR count). The van der Waals surface area contributed by atoms with E-state index < -0.39 is 0 Å². The van der Waals surface area contributed by atoms with Crippen LogP contribution in [-0.2, 0) is 5.41 Å². The second kappa shape index (κ2) is 1.63. The lowest BCUT2D eigenvalue weighted by Crippen LogP contribution is -2.41. The number of hydrogen-bond acceptors (Lipinski definition) is 2. The molecular formula is C9H10O2. The average Bonchev–Trinajstić information content (AvgIpc) is 2.68. The Bertz CT molecular complexity index is 376. The molecule has 1 aliphatic carbocycles. The Morgan fingerprint density at radius 1 is 1.18 bits per heavy atom. The van der Waals surface area contributed by atoms with Gasteiger partial charge in [0.05, 0.1) is 0 Å². The topological polar surface area (TPSA) is 34.1 Å². The first-order chi connectivity index (χ1) is 5.06. The summed E-state index contributed by atoms with van der Waals surface area (Å²) in [7, 11) is 0. The maximum Gasteiger partial charge on any atom is 0.230 e. The van der Waals surface area contributed by atoms with Gasteiger partial charge in [0.25, 0.3) is 0 Å². The number of hydrogen-bond donors (Lipinski definition) is 0. The summed E-state index contributed by atoms with van der Waals surface area (Å²) in [6.07, 6.45) is 2.14. The molecule has 0 radical (unpaired) electrons. The van der Waals surface area contributed by atoms with Gasteiger partial charge in [0, 0.05) is 11.1 Å². The summed E-state index contributed by atoms with van der Waals surface area (Å²) in [5.74, 6) is 0. The molecule has 0 aliphatic heterocycles. The van der Waals surface area contributed by atoms with E-state index in [1.54, 1.807) is 6.92 Å². The third-order valence-corrected chi connectivity index (χ3v) is 2.75. The fraction of sp³-hybridized carbons (Fsp3) is 0.556. The van der Waals surface area contributed by atoms with E-state index in [9.17, 15) is 9.59 Å². The largest absolute Gasteiger partial charge is 0.285 e. The van der Waals surface area contributed by atoms with Gasteiger partial charge in [0.2, 0.25) is 10.9 Å². The lowest BCUT2D eigenvalue weighted by Gasteiger charge is -2.12. The van der Waals surface area contributed by atoms with Crippen molar-refractivity contribution in [3.05, 3.63) is 31.6 Å². The van der Waals surface area contributed by atoms with E-state index in [0.29, 0.717) is 5.56 Å². The quantitative estimate of drug-likeness (QED) is 0.550. The van der Waals surface area contributed by atoms with Crippen molar-refractivity contribution in [1.29, 1.82) is 0 Å². The highest BCUT2D eigenvalue weighted by Crippen LogP contribution is 2.47. The summed E-state index contributed by atoms with van der Waals surface area (Å²) in [5.41, 5.74) is 1.09. The summed E-state index contributed by atoms with van der Waals surface area (Å²) in [6, 6.07) is 0. The van der Waals surface area contributed by atoms with Crippen LogP contribution in [0.15, 0.2) is 9.59 Å². The van der Waals surface area contributed by atoms with Crippen LogP contribution in [0.25, 0.3) is 0 Å². The predicted molar refractivity (Wildman–Crippen MR) is 42.7 cm³/mol. The Hall–Kier alpha value is -0.920. The minimum atomic E-state index is -0.270. The van der Waals surface area contributed by atoms with E-state index in [1.165, 1.54) is 0 Å². The second-order valence-corrected chi connectivity index (χ2v) is 3.72. The van der Waals surface area contributed by atoms with Crippen molar-refractivity contribution in [3.63, 3.8) is 0 Å². The fourth-order valence-corrected chi connectivity index (χ4v) is 1.67. The van der Waals surface area contributed by atoms with Crippen molar-refractivity contribution in [3.8, 4) is 0 Å². The van der Waals surface area contributed by atoms with Gasteiger partial charge in [-0.3, -0.25) is 9.59 Å². The molecule has 1 aromatic carbocycles. The molecule has 0 amide bonds. The maximum atomic E-state index is 11.1. The van der Waals surface area contributed by atoms with E-state index in [0.717, 1.165) is 18.4 Å². The normalized spacial score (nSPS) is 20.5. The van der Waals surface area contributed by atoms with E-state index >= 15 is 0 Å². The lowest BCUT2D eigenvalue weighted by atomic mass is 9.89. The first-order valence-corrected chi connectivity index (χ1v) is 3.87. The molecule has 11 heavy (non-hydrogen) atoms. The maximum absolute atomic E-state index is 11.1. The van der Waals surface area contributed by atoms with Crippen LogP contribution in [-0.4, -0.2) is 0 Å². The first-order valence-electron chi connectivity index (χ1n) is 3.87. The SMILES string of the molecule is Cc1c(C2(C)CC2)c(=O)c1=O. The summed E-state index contributed by atoms with van der Waals surface area (Å²) in [6.45, 7) is 3.80. The smallest absolute Gasteiger partial charge is 0.230 e. The van der Waals surface area contributed by atoms with Crippen molar-refractivity contribution < 1.29 is 0 Å². The van der Waals surface area contributed by atoms with Gasteiger partial charge in [0.15, 0.2) is 0 Å². The molecule has 0 bridgehead atoms. The van der Waals surface area contributed by atoms with Crippen LogP contribution in [0.3, 0.4) is 0 Å². The Morgan fingerprint density at radius 2 is 1.73 bits per heavy atom. The van der Waals surface area contributed by atoms with Gasteiger partial charge < -0.3 is 0 Å². The highest BCUT2D eigenvalue weighted by molar-refractivity contribution is 5.41. The molecule has 2 heteroatoms. The molecule has 2 nitrogen and oxygen atoms in total. The van der Waals surface area contributed by atoms with Gasteiger partial charge >= 0.3 is 0 Å². The van der Waals surface area contributed by atoms with Gasteiger partial charge in [-0.15, -0.1) is 0 Å². The molecule has 0 N–H and O–H groups in total. The predicted octanol–water partition coefficient (Wildman–Crippen LogP) is 0.643. The first kappa shape index (κ1) is 6.77. The van der Waals surface area contributed by atoms with Crippen LogP contribution in [0.2, 0.25) is 0 Å². The van der Waals surface area contributed by atoms with Crippen LogP contribution in [0.5, 0.6) is 0 Å². The van der Waals surface area contributed by atoms with Gasteiger partial charge in [-0.05, 0) is 25.2 Å². The summed E-state index contributed by atoms with van der Waals surface area (Å²) in [5, 5.41) is 0. The van der Waals surface area contributed by atoms with E-state index in [1.807, 2.05) is 0 Å². The molecule has 58 valence electrons. The minimum Gasteiger partial charge on any atom is -0.285 e. The molecule has 1 aromatic rings. The zero-order valence-electron chi connectivity index (χ0n) is 6.73. The third-order valence-electron chi connectivity index (χ3n) is 2.75. The third kappa shape index (κ3) is 0.669. The van der Waals surface area contributed by atoms with Crippen molar-refractivity contribution in [2.45, 2.75) is 32.1 Å². The van der Waals surface area contributed by atoms with Gasteiger partial charge in [-0.25, -0.2) is 0 Å². The molecule has 1 aliphatic rings. The lowest BCUT2D eigenvalue weighted by molar-refractivity contribution is 0.753. The number of rotatable bonds is 1. The molecule has 0 atom stereocenters. The minimum absolute atomic E-state index is 0.0784. The van der Waals surface area contributed by atoms with Crippen LogP contribution >= 0.6 is 0 Å². The van der Waals surface area contributed by atoms with Crippen molar-refractivity contribution in [2.75, 3.05) is 0 Å². The van der Waals surface area contributed by atoms with E-state index in [2.05, 4.69) is 6.92 Å². The summed E-state index contributed by atoms with van der Waals surface area (Å²) in [4.78, 5) is 21.9. The van der Waals surface area contributed by atoms with Crippen molar-refractivity contribution >= 4 is 0 Å². The van der Waals surface area contributed by atoms with Crippen molar-refractivity contribution in [1.82, 2.24) is 0 Å². The zero-order chi connectivity index (χ0) is 8.22. The summed E-state index contributed by atoms with van der Waals surface area (Å²) < 4.78 is 0. The van der Waals surface area contributed by atoms with Gasteiger partial charge in [0.1, 0.15) is 0 Å². The van der Waals surface area contributed by atoms with Gasteiger partial charge in [-0.2, -0.15) is 0 Å². The van der Waals surface area contributed by atoms with Crippen LogP contribution in [0.4, 0.5) is 0 Å². The standard InChI is InChI=1S/C9H10O2/c1-5-6(8(11)7(5)10)9(2)3-4-9/h3-4H2,1-2H3.